The summed E-state index contributed by atoms with van der Waals surface area (Å²) in [6.45, 7) is 1.83. The fraction of sp³-hybridized carbons (Fsp3) is 0.111. The number of hydrogen-bond acceptors (Lipinski definition) is 4. The van der Waals surface area contributed by atoms with E-state index in [2.05, 4.69) is 9.97 Å². The van der Waals surface area contributed by atoms with Gasteiger partial charge in [0.25, 0.3) is 0 Å². The van der Waals surface area contributed by atoms with Crippen LogP contribution in [0.1, 0.15) is 5.82 Å². The number of anilines is 1. The van der Waals surface area contributed by atoms with Crippen LogP contribution in [-0.2, 0) is 0 Å². The molecule has 0 aliphatic rings. The molecule has 0 bridgehead atoms. The summed E-state index contributed by atoms with van der Waals surface area (Å²) in [5, 5.41) is 0. The molecule has 0 radical (unpaired) electrons. The van der Waals surface area contributed by atoms with Crippen molar-refractivity contribution in [1.29, 1.82) is 0 Å². The Bertz CT molecular complexity index is 405. The molecule has 2 heterocycles. The molecule has 4 nitrogen and oxygen atoms in total. The minimum absolute atomic E-state index is 0.604. The molecule has 13 heavy (non-hydrogen) atoms. The van der Waals surface area contributed by atoms with Gasteiger partial charge in [0.05, 0.1) is 17.5 Å². The van der Waals surface area contributed by atoms with Crippen LogP contribution in [0.2, 0.25) is 0 Å². The lowest BCUT2D eigenvalue weighted by molar-refractivity contribution is 0.582. The van der Waals surface area contributed by atoms with Crippen molar-refractivity contribution >= 4 is 5.69 Å². The molecule has 0 aliphatic carbocycles. The molecule has 0 aliphatic heterocycles. The van der Waals surface area contributed by atoms with Gasteiger partial charge >= 0.3 is 0 Å². The molecule has 0 spiro atoms. The third kappa shape index (κ3) is 1.38. The van der Waals surface area contributed by atoms with Crippen LogP contribution in [-0.4, -0.2) is 9.97 Å². The first-order valence-corrected chi connectivity index (χ1v) is 3.89. The predicted octanol–water partition coefficient (Wildman–Crippen LogP) is 1.63. The van der Waals surface area contributed by atoms with E-state index in [1.165, 1.54) is 0 Å². The fourth-order valence-electron chi connectivity index (χ4n) is 1.06. The Morgan fingerprint density at radius 1 is 1.31 bits per heavy atom. The van der Waals surface area contributed by atoms with Gasteiger partial charge in [0.1, 0.15) is 5.82 Å². The van der Waals surface area contributed by atoms with Crippen molar-refractivity contribution in [2.75, 3.05) is 5.73 Å². The minimum atomic E-state index is 0.604. The molecule has 2 aromatic heterocycles. The Labute approximate surface area is 75.4 Å². The summed E-state index contributed by atoms with van der Waals surface area (Å²) in [5.41, 5.74) is 7.06. The first kappa shape index (κ1) is 7.79. The number of hydrogen-bond donors (Lipinski definition) is 1. The van der Waals surface area contributed by atoms with Gasteiger partial charge in [-0.3, -0.25) is 0 Å². The molecule has 66 valence electrons. The number of furan rings is 1. The Kier molecular flexibility index (Phi) is 1.73. The monoisotopic (exact) mass is 175 g/mol. The van der Waals surface area contributed by atoms with Crippen LogP contribution in [0.4, 0.5) is 5.69 Å². The topological polar surface area (TPSA) is 64.9 Å². The summed E-state index contributed by atoms with van der Waals surface area (Å²) >= 11 is 0. The zero-order valence-corrected chi connectivity index (χ0v) is 7.19. The molecule has 0 amide bonds. The van der Waals surface area contributed by atoms with Crippen LogP contribution in [0.5, 0.6) is 0 Å². The highest BCUT2D eigenvalue weighted by Crippen LogP contribution is 2.24. The van der Waals surface area contributed by atoms with E-state index in [-0.39, 0.29) is 0 Å². The quantitative estimate of drug-likeness (QED) is 0.715. The molecular weight excluding hydrogens is 166 g/mol. The first-order chi connectivity index (χ1) is 6.27. The van der Waals surface area contributed by atoms with Gasteiger partial charge in [-0.05, 0) is 6.92 Å². The summed E-state index contributed by atoms with van der Waals surface area (Å²) in [6, 6.07) is 1.70. The van der Waals surface area contributed by atoms with Crippen LogP contribution in [0.25, 0.3) is 11.3 Å². The maximum absolute atomic E-state index is 5.66. The van der Waals surface area contributed by atoms with Gasteiger partial charge in [0.2, 0.25) is 0 Å². The maximum atomic E-state index is 5.66. The van der Waals surface area contributed by atoms with Gasteiger partial charge < -0.3 is 10.2 Å². The molecule has 2 aromatic rings. The Morgan fingerprint density at radius 2 is 2.00 bits per heavy atom. The lowest BCUT2D eigenvalue weighted by Crippen LogP contribution is -1.89. The second-order valence-electron chi connectivity index (χ2n) is 2.72. The van der Waals surface area contributed by atoms with Gasteiger partial charge in [0, 0.05) is 18.5 Å². The van der Waals surface area contributed by atoms with Crippen molar-refractivity contribution in [1.82, 2.24) is 9.97 Å². The largest absolute Gasteiger partial charge is 0.462 e. The zero-order valence-electron chi connectivity index (χ0n) is 7.19. The highest BCUT2D eigenvalue weighted by Gasteiger charge is 2.05. The number of aryl methyl sites for hydroxylation is 1. The Hall–Kier alpha value is -1.84. The molecule has 0 fully saturated rings. The van der Waals surface area contributed by atoms with E-state index in [1.807, 2.05) is 6.92 Å². The van der Waals surface area contributed by atoms with E-state index in [0.717, 1.165) is 11.4 Å². The standard InChI is InChI=1S/C9H9N3O/c1-6-11-4-7(5-12-6)9-8(10)2-3-13-9/h2-5H,10H2,1H3. The van der Waals surface area contributed by atoms with Crippen LogP contribution < -0.4 is 5.73 Å². The SMILES string of the molecule is Cc1ncc(-c2occc2N)cn1. The van der Waals surface area contributed by atoms with E-state index >= 15 is 0 Å². The third-order valence-corrected chi connectivity index (χ3v) is 1.74. The van der Waals surface area contributed by atoms with Gasteiger partial charge in [-0.1, -0.05) is 0 Å². The van der Waals surface area contributed by atoms with Crippen LogP contribution in [0, 0.1) is 6.92 Å². The average molecular weight is 175 g/mol. The smallest absolute Gasteiger partial charge is 0.159 e. The van der Waals surface area contributed by atoms with Crippen molar-refractivity contribution in [2.24, 2.45) is 0 Å². The van der Waals surface area contributed by atoms with Gasteiger partial charge in [-0.25, -0.2) is 9.97 Å². The Morgan fingerprint density at radius 3 is 2.54 bits per heavy atom. The summed E-state index contributed by atoms with van der Waals surface area (Å²) in [7, 11) is 0. The highest BCUT2D eigenvalue weighted by atomic mass is 16.3. The zero-order chi connectivity index (χ0) is 9.26. The van der Waals surface area contributed by atoms with Crippen molar-refractivity contribution in [3.63, 3.8) is 0 Å². The molecule has 0 atom stereocenters. The number of nitrogen functional groups attached to an aromatic ring is 1. The highest BCUT2D eigenvalue weighted by molar-refractivity contribution is 5.69. The molecule has 0 aromatic carbocycles. The molecule has 2 N–H and O–H groups in total. The van der Waals surface area contributed by atoms with Crippen LogP contribution in [0.15, 0.2) is 29.1 Å². The van der Waals surface area contributed by atoms with Crippen LogP contribution >= 0.6 is 0 Å². The van der Waals surface area contributed by atoms with Crippen molar-refractivity contribution in [2.45, 2.75) is 6.92 Å². The van der Waals surface area contributed by atoms with Gasteiger partial charge in [-0.15, -0.1) is 0 Å². The summed E-state index contributed by atoms with van der Waals surface area (Å²) in [5.74, 6) is 1.36. The molecule has 0 saturated heterocycles. The van der Waals surface area contributed by atoms with E-state index < -0.39 is 0 Å². The number of aromatic nitrogens is 2. The second kappa shape index (κ2) is 2.90. The lowest BCUT2D eigenvalue weighted by atomic mass is 10.2. The molecule has 2 rings (SSSR count). The van der Waals surface area contributed by atoms with E-state index in [9.17, 15) is 0 Å². The number of nitrogens with two attached hydrogens (primary N) is 1. The van der Waals surface area contributed by atoms with Crippen molar-refractivity contribution in [3.8, 4) is 11.3 Å². The van der Waals surface area contributed by atoms with E-state index in [1.54, 1.807) is 24.7 Å². The first-order valence-electron chi connectivity index (χ1n) is 3.89. The van der Waals surface area contributed by atoms with Crippen molar-refractivity contribution in [3.05, 3.63) is 30.5 Å². The van der Waals surface area contributed by atoms with Crippen molar-refractivity contribution < 1.29 is 4.42 Å². The molecule has 0 unspecified atom stereocenters. The molecule has 4 heteroatoms. The average Bonchev–Trinajstić information content (AvgIpc) is 2.53. The fourth-order valence-corrected chi connectivity index (χ4v) is 1.06. The molecule has 0 saturated carbocycles. The normalized spacial score (nSPS) is 10.2. The maximum Gasteiger partial charge on any atom is 0.159 e. The Balaban J connectivity index is 2.47. The predicted molar refractivity (Wildman–Crippen MR) is 48.9 cm³/mol. The van der Waals surface area contributed by atoms with Gasteiger partial charge in [0.15, 0.2) is 5.76 Å². The second-order valence-corrected chi connectivity index (χ2v) is 2.72. The van der Waals surface area contributed by atoms with Crippen LogP contribution in [0.3, 0.4) is 0 Å². The summed E-state index contributed by atoms with van der Waals surface area (Å²) < 4.78 is 5.19. The summed E-state index contributed by atoms with van der Waals surface area (Å²) in [6.07, 6.45) is 4.93. The van der Waals surface area contributed by atoms with E-state index in [4.69, 9.17) is 10.2 Å². The lowest BCUT2D eigenvalue weighted by Gasteiger charge is -1.97. The molecular formula is C9H9N3O. The van der Waals surface area contributed by atoms with Gasteiger partial charge in [-0.2, -0.15) is 0 Å². The third-order valence-electron chi connectivity index (χ3n) is 1.74. The summed E-state index contributed by atoms with van der Waals surface area (Å²) in [4.78, 5) is 8.10. The minimum Gasteiger partial charge on any atom is -0.462 e. The number of rotatable bonds is 1. The number of nitrogens with zero attached hydrogens (tertiary/aromatic N) is 2. The van der Waals surface area contributed by atoms with E-state index in [0.29, 0.717) is 11.4 Å².